The molecule has 0 bridgehead atoms. The molecule has 0 radical (unpaired) electrons. The third-order valence-electron chi connectivity index (χ3n) is 3.51. The summed E-state index contributed by atoms with van der Waals surface area (Å²) in [4.78, 5) is 33.5. The van der Waals surface area contributed by atoms with E-state index in [0.29, 0.717) is 10.8 Å². The fourth-order valence-electron chi connectivity index (χ4n) is 2.37. The quantitative estimate of drug-likeness (QED) is 0.475. The third kappa shape index (κ3) is 7.16. The molecule has 0 fully saturated rings. The van der Waals surface area contributed by atoms with Crippen molar-refractivity contribution in [3.8, 4) is 0 Å². The molecule has 0 unspecified atom stereocenters. The van der Waals surface area contributed by atoms with Gasteiger partial charge < -0.3 is 15.3 Å². The minimum atomic E-state index is -1.15. The molecule has 0 aliphatic carbocycles. The molecule has 2 aromatic rings. The van der Waals surface area contributed by atoms with Crippen LogP contribution in [0.5, 0.6) is 0 Å². The molecule has 2 rings (SSSR count). The summed E-state index contributed by atoms with van der Waals surface area (Å²) in [5, 5.41) is 14.0. The van der Waals surface area contributed by atoms with E-state index in [4.69, 9.17) is 5.11 Å². The molecule has 3 N–H and O–H groups in total. The maximum absolute atomic E-state index is 11.3. The molecule has 9 heteroatoms. The number of nitrogens with zero attached hydrogens (tertiary/aromatic N) is 3. The maximum Gasteiger partial charge on any atom is 0.409 e. The molecular formula is C18H23N5O3S. The number of carbonyl (C=O) groups is 2. The minimum Gasteiger partial charge on any atom is -0.465 e. The first-order valence-electron chi connectivity index (χ1n) is 8.35. The second-order valence-corrected chi connectivity index (χ2v) is 7.27. The predicted octanol–water partition coefficient (Wildman–Crippen LogP) is 2.88. The van der Waals surface area contributed by atoms with Gasteiger partial charge in [0.2, 0.25) is 5.91 Å². The van der Waals surface area contributed by atoms with Crippen LogP contribution in [-0.2, 0) is 24.2 Å². The number of amides is 2. The van der Waals surface area contributed by atoms with E-state index < -0.39 is 6.09 Å². The van der Waals surface area contributed by atoms with E-state index in [1.54, 1.807) is 0 Å². The molecule has 0 saturated heterocycles. The fraction of sp³-hybridized carbons (Fsp3) is 0.333. The number of aliphatic imine (C=N–C) groups is 1. The van der Waals surface area contributed by atoms with Gasteiger partial charge >= 0.3 is 6.09 Å². The Morgan fingerprint density at radius 1 is 1.26 bits per heavy atom. The van der Waals surface area contributed by atoms with Crippen LogP contribution in [0.15, 0.2) is 29.3 Å². The van der Waals surface area contributed by atoms with Crippen molar-refractivity contribution in [3.63, 3.8) is 0 Å². The van der Waals surface area contributed by atoms with Gasteiger partial charge in [-0.25, -0.2) is 14.8 Å². The SMILES string of the molecule is CC(=O)Nc1nc(CCc2ccc(N=CNC(=O)O)cc2)c(CN(C)C)s1. The zero-order valence-corrected chi connectivity index (χ0v) is 16.3. The van der Waals surface area contributed by atoms with E-state index in [0.717, 1.165) is 41.9 Å². The molecule has 1 aromatic heterocycles. The number of carboxylic acid groups (broad SMARTS) is 1. The average Bonchev–Trinajstić information content (AvgIpc) is 2.93. The van der Waals surface area contributed by atoms with Gasteiger partial charge in [0.05, 0.1) is 17.7 Å². The topological polar surface area (TPSA) is 107 Å². The summed E-state index contributed by atoms with van der Waals surface area (Å²) in [5.74, 6) is -0.125. The van der Waals surface area contributed by atoms with Crippen molar-refractivity contribution in [1.29, 1.82) is 0 Å². The van der Waals surface area contributed by atoms with Crippen LogP contribution < -0.4 is 10.6 Å². The molecule has 8 nitrogen and oxygen atoms in total. The molecule has 1 aromatic carbocycles. The lowest BCUT2D eigenvalue weighted by Crippen LogP contribution is -2.17. The van der Waals surface area contributed by atoms with Crippen LogP contribution in [0.2, 0.25) is 0 Å². The molecule has 0 aliphatic heterocycles. The number of nitrogens with one attached hydrogen (secondary N) is 2. The Labute approximate surface area is 162 Å². The molecule has 2 amide bonds. The molecule has 0 saturated carbocycles. The fourth-order valence-corrected chi connectivity index (χ4v) is 3.54. The lowest BCUT2D eigenvalue weighted by molar-refractivity contribution is -0.114. The van der Waals surface area contributed by atoms with Crippen molar-refractivity contribution in [2.75, 3.05) is 19.4 Å². The van der Waals surface area contributed by atoms with Crippen molar-refractivity contribution in [2.45, 2.75) is 26.3 Å². The van der Waals surface area contributed by atoms with Crippen LogP contribution in [0.25, 0.3) is 0 Å². The summed E-state index contributed by atoms with van der Waals surface area (Å²) in [7, 11) is 4.00. The highest BCUT2D eigenvalue weighted by Crippen LogP contribution is 2.25. The number of hydrogen-bond acceptors (Lipinski definition) is 6. The normalized spacial score (nSPS) is 11.1. The van der Waals surface area contributed by atoms with Crippen LogP contribution in [-0.4, -0.2) is 47.4 Å². The smallest absolute Gasteiger partial charge is 0.409 e. The Morgan fingerprint density at radius 3 is 2.56 bits per heavy atom. The van der Waals surface area contributed by atoms with E-state index in [1.807, 2.05) is 38.4 Å². The van der Waals surface area contributed by atoms with Gasteiger partial charge in [-0.1, -0.05) is 12.1 Å². The first-order valence-corrected chi connectivity index (χ1v) is 9.17. The predicted molar refractivity (Wildman–Crippen MR) is 107 cm³/mol. The van der Waals surface area contributed by atoms with Crippen LogP contribution in [0.3, 0.4) is 0 Å². The summed E-state index contributed by atoms with van der Waals surface area (Å²) in [6.07, 6.45) is 1.57. The van der Waals surface area contributed by atoms with Gasteiger partial charge in [0.15, 0.2) is 5.13 Å². The Bertz CT molecular complexity index is 815. The van der Waals surface area contributed by atoms with Gasteiger partial charge in [0.25, 0.3) is 0 Å². The van der Waals surface area contributed by atoms with Crippen molar-refractivity contribution in [1.82, 2.24) is 15.2 Å². The maximum atomic E-state index is 11.3. The van der Waals surface area contributed by atoms with E-state index in [1.165, 1.54) is 18.3 Å². The Hall–Kier alpha value is -2.78. The number of thiazole rings is 1. The van der Waals surface area contributed by atoms with E-state index in [9.17, 15) is 9.59 Å². The number of hydrogen-bond donors (Lipinski definition) is 3. The molecule has 1 heterocycles. The molecular weight excluding hydrogens is 366 g/mol. The number of carbonyl (C=O) groups excluding carboxylic acids is 1. The van der Waals surface area contributed by atoms with Crippen LogP contribution >= 0.6 is 11.3 Å². The Morgan fingerprint density at radius 2 is 1.96 bits per heavy atom. The number of aromatic nitrogens is 1. The summed E-state index contributed by atoms with van der Waals surface area (Å²) in [5.41, 5.74) is 2.79. The van der Waals surface area contributed by atoms with Crippen molar-refractivity contribution < 1.29 is 14.7 Å². The Balaban J connectivity index is 2.02. The van der Waals surface area contributed by atoms with Crippen LogP contribution in [0, 0.1) is 0 Å². The number of anilines is 1. The molecule has 0 spiro atoms. The zero-order valence-electron chi connectivity index (χ0n) is 15.5. The number of aryl methyl sites for hydroxylation is 2. The zero-order chi connectivity index (χ0) is 19.8. The molecule has 144 valence electrons. The van der Waals surface area contributed by atoms with Gasteiger partial charge in [-0.2, -0.15) is 0 Å². The highest BCUT2D eigenvalue weighted by Gasteiger charge is 2.13. The van der Waals surface area contributed by atoms with Gasteiger partial charge in [-0.3, -0.25) is 10.1 Å². The van der Waals surface area contributed by atoms with E-state index in [-0.39, 0.29) is 5.91 Å². The second kappa shape index (κ2) is 9.79. The summed E-state index contributed by atoms with van der Waals surface area (Å²) < 4.78 is 0. The average molecular weight is 389 g/mol. The van der Waals surface area contributed by atoms with Gasteiger partial charge in [-0.15, -0.1) is 11.3 Å². The second-order valence-electron chi connectivity index (χ2n) is 6.18. The van der Waals surface area contributed by atoms with Gasteiger partial charge in [-0.05, 0) is 44.6 Å². The van der Waals surface area contributed by atoms with Gasteiger partial charge in [0.1, 0.15) is 0 Å². The van der Waals surface area contributed by atoms with Crippen molar-refractivity contribution in [3.05, 3.63) is 40.4 Å². The van der Waals surface area contributed by atoms with E-state index in [2.05, 4.69) is 25.5 Å². The lowest BCUT2D eigenvalue weighted by atomic mass is 10.1. The minimum absolute atomic E-state index is 0.125. The van der Waals surface area contributed by atoms with Crippen LogP contribution in [0.1, 0.15) is 23.1 Å². The van der Waals surface area contributed by atoms with Gasteiger partial charge in [0, 0.05) is 18.3 Å². The third-order valence-corrected chi connectivity index (χ3v) is 4.51. The van der Waals surface area contributed by atoms with Crippen molar-refractivity contribution in [2.24, 2.45) is 4.99 Å². The molecule has 0 atom stereocenters. The Kier molecular flexibility index (Phi) is 7.44. The summed E-state index contributed by atoms with van der Waals surface area (Å²) in [6, 6.07) is 7.58. The summed E-state index contributed by atoms with van der Waals surface area (Å²) >= 11 is 1.51. The highest BCUT2D eigenvalue weighted by atomic mass is 32.1. The highest BCUT2D eigenvalue weighted by molar-refractivity contribution is 7.15. The first kappa shape index (κ1) is 20.5. The lowest BCUT2D eigenvalue weighted by Gasteiger charge is -2.09. The molecule has 0 aliphatic rings. The number of benzene rings is 1. The number of rotatable bonds is 8. The molecule has 27 heavy (non-hydrogen) atoms. The van der Waals surface area contributed by atoms with Crippen LogP contribution in [0.4, 0.5) is 15.6 Å². The van der Waals surface area contributed by atoms with Crippen molar-refractivity contribution >= 4 is 40.5 Å². The summed E-state index contributed by atoms with van der Waals surface area (Å²) in [6.45, 7) is 2.25. The first-order chi connectivity index (χ1) is 12.8. The largest absolute Gasteiger partial charge is 0.465 e. The van der Waals surface area contributed by atoms with E-state index >= 15 is 0 Å². The monoisotopic (exact) mass is 389 g/mol. The standard InChI is InChI=1S/C18H23N5O3S/c1-12(24)21-17-22-15(16(27-17)10-23(2)3)9-6-13-4-7-14(8-5-13)19-11-20-18(25)26/h4-5,7-8,11H,6,9-10H2,1-3H3,(H,19,20)(H,25,26)(H,21,22,24).